The van der Waals surface area contributed by atoms with E-state index in [1.165, 1.54) is 0 Å². The third-order valence-corrected chi connectivity index (χ3v) is 3.42. The Bertz CT molecular complexity index is 542. The van der Waals surface area contributed by atoms with Gasteiger partial charge in [-0.1, -0.05) is 41.9 Å². The van der Waals surface area contributed by atoms with Gasteiger partial charge < -0.3 is 10.4 Å². The Morgan fingerprint density at radius 3 is 2.68 bits per heavy atom. The van der Waals surface area contributed by atoms with Crippen LogP contribution in [0.15, 0.2) is 48.5 Å². The molecule has 2 aromatic rings. The zero-order chi connectivity index (χ0) is 13.7. The van der Waals surface area contributed by atoms with E-state index in [0.717, 1.165) is 29.1 Å². The van der Waals surface area contributed by atoms with Gasteiger partial charge in [-0.05, 0) is 42.7 Å². The predicted octanol–water partition coefficient (Wildman–Crippen LogP) is 3.77. The van der Waals surface area contributed by atoms with Gasteiger partial charge >= 0.3 is 0 Å². The van der Waals surface area contributed by atoms with Crippen molar-refractivity contribution in [1.82, 2.24) is 5.32 Å². The average Bonchev–Trinajstić information content (AvgIpc) is 2.39. The van der Waals surface area contributed by atoms with E-state index in [1.807, 2.05) is 30.3 Å². The lowest BCUT2D eigenvalue weighted by Crippen LogP contribution is -2.27. The number of benzene rings is 2. The number of nitrogens with one attached hydrogen (secondary N) is 1. The molecule has 0 heterocycles. The van der Waals surface area contributed by atoms with Crippen molar-refractivity contribution in [2.75, 3.05) is 0 Å². The van der Waals surface area contributed by atoms with Gasteiger partial charge in [0.15, 0.2) is 0 Å². The van der Waals surface area contributed by atoms with Crippen LogP contribution in [0.2, 0.25) is 5.02 Å². The molecule has 1 unspecified atom stereocenters. The maximum atomic E-state index is 9.40. The number of rotatable bonds is 5. The van der Waals surface area contributed by atoms with Crippen LogP contribution in [0.3, 0.4) is 0 Å². The molecular weight excluding hydrogens is 258 g/mol. The molecule has 2 rings (SSSR count). The van der Waals surface area contributed by atoms with Gasteiger partial charge in [0.2, 0.25) is 0 Å². The van der Waals surface area contributed by atoms with Crippen LogP contribution in [-0.4, -0.2) is 11.1 Å². The zero-order valence-electron chi connectivity index (χ0n) is 10.9. The summed E-state index contributed by atoms with van der Waals surface area (Å²) in [6.45, 7) is 2.87. The minimum atomic E-state index is 0.304. The zero-order valence-corrected chi connectivity index (χ0v) is 11.7. The standard InChI is InChI=1S/C16H18ClNO/c1-12(9-14-6-2-3-8-16(14)17)18-11-13-5-4-7-15(19)10-13/h2-8,10,12,18-19H,9,11H2,1H3. The van der Waals surface area contributed by atoms with Crippen molar-refractivity contribution in [3.63, 3.8) is 0 Å². The summed E-state index contributed by atoms with van der Waals surface area (Å²) in [6.07, 6.45) is 0.887. The Morgan fingerprint density at radius 2 is 1.95 bits per heavy atom. The lowest BCUT2D eigenvalue weighted by atomic mass is 10.1. The number of hydrogen-bond donors (Lipinski definition) is 2. The molecule has 0 spiro atoms. The highest BCUT2D eigenvalue weighted by molar-refractivity contribution is 6.31. The van der Waals surface area contributed by atoms with Crippen molar-refractivity contribution in [3.05, 3.63) is 64.7 Å². The van der Waals surface area contributed by atoms with Gasteiger partial charge in [0.25, 0.3) is 0 Å². The van der Waals surface area contributed by atoms with Gasteiger partial charge in [-0.3, -0.25) is 0 Å². The highest BCUT2D eigenvalue weighted by Crippen LogP contribution is 2.17. The Balaban J connectivity index is 1.88. The number of hydrogen-bond acceptors (Lipinski definition) is 2. The fourth-order valence-corrected chi connectivity index (χ4v) is 2.24. The van der Waals surface area contributed by atoms with E-state index in [9.17, 15) is 5.11 Å². The van der Waals surface area contributed by atoms with Crippen LogP contribution in [0.5, 0.6) is 5.75 Å². The van der Waals surface area contributed by atoms with Gasteiger partial charge in [0.1, 0.15) is 5.75 Å². The van der Waals surface area contributed by atoms with E-state index in [2.05, 4.69) is 18.3 Å². The fraction of sp³-hybridized carbons (Fsp3) is 0.250. The van der Waals surface area contributed by atoms with Crippen LogP contribution >= 0.6 is 11.6 Å². The molecule has 19 heavy (non-hydrogen) atoms. The molecule has 3 heteroatoms. The SMILES string of the molecule is CC(Cc1ccccc1Cl)NCc1cccc(O)c1. The first-order valence-electron chi connectivity index (χ1n) is 6.40. The van der Waals surface area contributed by atoms with Crippen LogP contribution in [0, 0.1) is 0 Å². The van der Waals surface area contributed by atoms with Gasteiger partial charge in [0, 0.05) is 17.6 Å². The largest absolute Gasteiger partial charge is 0.508 e. The van der Waals surface area contributed by atoms with Crippen molar-refractivity contribution in [2.24, 2.45) is 0 Å². The summed E-state index contributed by atoms with van der Waals surface area (Å²) in [4.78, 5) is 0. The molecule has 0 aromatic heterocycles. The van der Waals surface area contributed by atoms with Crippen molar-refractivity contribution in [2.45, 2.75) is 25.9 Å². The van der Waals surface area contributed by atoms with Gasteiger partial charge in [-0.2, -0.15) is 0 Å². The normalized spacial score (nSPS) is 12.3. The summed E-state index contributed by atoms with van der Waals surface area (Å²) in [5, 5.41) is 13.7. The minimum Gasteiger partial charge on any atom is -0.508 e. The molecule has 1 atom stereocenters. The van der Waals surface area contributed by atoms with Gasteiger partial charge in [-0.25, -0.2) is 0 Å². The van der Waals surface area contributed by atoms with Crippen LogP contribution < -0.4 is 5.32 Å². The molecule has 100 valence electrons. The summed E-state index contributed by atoms with van der Waals surface area (Å²) in [6, 6.07) is 15.5. The summed E-state index contributed by atoms with van der Waals surface area (Å²) >= 11 is 6.15. The lowest BCUT2D eigenvalue weighted by Gasteiger charge is -2.15. The average molecular weight is 276 g/mol. The number of aromatic hydroxyl groups is 1. The lowest BCUT2D eigenvalue weighted by molar-refractivity contribution is 0.473. The van der Waals surface area contributed by atoms with E-state index in [-0.39, 0.29) is 0 Å². The molecule has 0 aliphatic rings. The Kier molecular flexibility index (Phi) is 4.83. The molecule has 0 saturated carbocycles. The number of phenols is 1. The third-order valence-electron chi connectivity index (χ3n) is 3.05. The van der Waals surface area contributed by atoms with Gasteiger partial charge in [-0.15, -0.1) is 0 Å². The molecule has 0 bridgehead atoms. The highest BCUT2D eigenvalue weighted by atomic mass is 35.5. The molecule has 0 aliphatic heterocycles. The fourth-order valence-electron chi connectivity index (χ4n) is 2.02. The second-order valence-electron chi connectivity index (χ2n) is 4.75. The molecule has 0 aliphatic carbocycles. The summed E-state index contributed by atoms with van der Waals surface area (Å²) in [7, 11) is 0. The van der Waals surface area contributed by atoms with E-state index in [4.69, 9.17) is 11.6 Å². The van der Waals surface area contributed by atoms with E-state index in [0.29, 0.717) is 11.8 Å². The van der Waals surface area contributed by atoms with Crippen LogP contribution in [0.4, 0.5) is 0 Å². The number of phenolic OH excluding ortho intramolecular Hbond substituents is 1. The van der Waals surface area contributed by atoms with Crippen molar-refractivity contribution in [3.8, 4) is 5.75 Å². The molecule has 2 N–H and O–H groups in total. The number of halogens is 1. The topological polar surface area (TPSA) is 32.3 Å². The van der Waals surface area contributed by atoms with E-state index >= 15 is 0 Å². The second kappa shape index (κ2) is 6.60. The second-order valence-corrected chi connectivity index (χ2v) is 5.15. The van der Waals surface area contributed by atoms with E-state index < -0.39 is 0 Å². The summed E-state index contributed by atoms with van der Waals surface area (Å²) in [5.74, 6) is 0.304. The summed E-state index contributed by atoms with van der Waals surface area (Å²) in [5.41, 5.74) is 2.23. The summed E-state index contributed by atoms with van der Waals surface area (Å²) < 4.78 is 0. The first-order valence-corrected chi connectivity index (χ1v) is 6.77. The highest BCUT2D eigenvalue weighted by Gasteiger charge is 2.06. The quantitative estimate of drug-likeness (QED) is 0.871. The molecule has 0 amide bonds. The van der Waals surface area contributed by atoms with Crippen LogP contribution in [0.25, 0.3) is 0 Å². The molecule has 0 saturated heterocycles. The van der Waals surface area contributed by atoms with Crippen molar-refractivity contribution < 1.29 is 5.11 Å². The molecule has 0 fully saturated rings. The smallest absolute Gasteiger partial charge is 0.115 e. The monoisotopic (exact) mass is 275 g/mol. The maximum Gasteiger partial charge on any atom is 0.115 e. The third kappa shape index (κ3) is 4.27. The minimum absolute atomic E-state index is 0.304. The van der Waals surface area contributed by atoms with Gasteiger partial charge in [0.05, 0.1) is 0 Å². The van der Waals surface area contributed by atoms with Crippen molar-refractivity contribution in [1.29, 1.82) is 0 Å². The first kappa shape index (κ1) is 13.9. The molecular formula is C16H18ClNO. The van der Waals surface area contributed by atoms with Crippen LogP contribution in [-0.2, 0) is 13.0 Å². The first-order chi connectivity index (χ1) is 9.15. The Labute approximate surface area is 119 Å². The molecule has 2 aromatic carbocycles. The maximum absolute atomic E-state index is 9.40. The molecule has 2 nitrogen and oxygen atoms in total. The van der Waals surface area contributed by atoms with Crippen LogP contribution in [0.1, 0.15) is 18.1 Å². The molecule has 0 radical (unpaired) electrons. The van der Waals surface area contributed by atoms with Crippen molar-refractivity contribution >= 4 is 11.6 Å². The Hall–Kier alpha value is -1.51. The Morgan fingerprint density at radius 1 is 1.16 bits per heavy atom. The van der Waals surface area contributed by atoms with E-state index in [1.54, 1.807) is 12.1 Å². The predicted molar refractivity (Wildman–Crippen MR) is 79.6 cm³/mol.